The van der Waals surface area contributed by atoms with Gasteiger partial charge in [0.25, 0.3) is 0 Å². The van der Waals surface area contributed by atoms with Crippen molar-refractivity contribution >= 4 is 0 Å². The summed E-state index contributed by atoms with van der Waals surface area (Å²) in [5, 5.41) is 8.98. The molecule has 0 bridgehead atoms. The minimum absolute atomic E-state index is 0.104. The molecular weight excluding hydrogens is 378 g/mol. The Balaban J connectivity index is 1.52. The molecule has 0 aliphatic rings. The molecule has 0 atom stereocenters. The molecular formula is C28H27N3. The quantitative estimate of drug-likeness (QED) is 0.388. The van der Waals surface area contributed by atoms with Gasteiger partial charge in [0.15, 0.2) is 0 Å². The fraction of sp³-hybridized carbons (Fsp3) is 0.214. The molecule has 0 saturated carbocycles. The second-order valence-corrected chi connectivity index (χ2v) is 8.99. The van der Waals surface area contributed by atoms with Gasteiger partial charge in [0.05, 0.1) is 18.0 Å². The van der Waals surface area contributed by atoms with Crippen LogP contribution in [0.1, 0.15) is 48.7 Å². The summed E-state index contributed by atoms with van der Waals surface area (Å²) in [4.78, 5) is 4.36. The van der Waals surface area contributed by atoms with Crippen LogP contribution < -0.4 is 0 Å². The van der Waals surface area contributed by atoms with E-state index in [0.29, 0.717) is 5.56 Å². The van der Waals surface area contributed by atoms with Gasteiger partial charge in [-0.2, -0.15) is 5.26 Å². The molecule has 4 aromatic rings. The first kappa shape index (κ1) is 20.6. The predicted octanol–water partition coefficient (Wildman–Crippen LogP) is 6.36. The lowest BCUT2D eigenvalue weighted by Crippen LogP contribution is -2.12. The van der Waals surface area contributed by atoms with Gasteiger partial charge in [-0.05, 0) is 45.4 Å². The van der Waals surface area contributed by atoms with Gasteiger partial charge in [0.1, 0.15) is 0 Å². The van der Waals surface area contributed by atoms with E-state index in [2.05, 4.69) is 84.9 Å². The number of rotatable bonds is 5. The van der Waals surface area contributed by atoms with Gasteiger partial charge in [-0.3, -0.25) is 0 Å². The van der Waals surface area contributed by atoms with Gasteiger partial charge in [0.2, 0.25) is 0 Å². The molecule has 0 radical (unpaired) electrons. The zero-order chi connectivity index (χ0) is 21.8. The molecule has 0 amide bonds. The minimum Gasteiger partial charge on any atom is -0.330 e. The first-order valence-corrected chi connectivity index (χ1v) is 10.6. The Kier molecular flexibility index (Phi) is 5.73. The molecule has 0 spiro atoms. The smallest absolute Gasteiger partial charge is 0.0991 e. The maximum Gasteiger partial charge on any atom is 0.0991 e. The molecule has 1 heterocycles. The zero-order valence-electron chi connectivity index (χ0n) is 18.3. The summed E-state index contributed by atoms with van der Waals surface area (Å²) in [6, 6.07) is 27.4. The third kappa shape index (κ3) is 4.75. The predicted molar refractivity (Wildman–Crippen MR) is 126 cm³/mol. The van der Waals surface area contributed by atoms with E-state index in [1.807, 2.05) is 36.8 Å². The van der Waals surface area contributed by atoms with Crippen LogP contribution in [0.5, 0.6) is 0 Å². The number of hydrogen-bond acceptors (Lipinski definition) is 2. The Morgan fingerprint density at radius 2 is 1.55 bits per heavy atom. The molecule has 31 heavy (non-hydrogen) atoms. The highest BCUT2D eigenvalue weighted by molar-refractivity contribution is 5.69. The van der Waals surface area contributed by atoms with E-state index in [-0.39, 0.29) is 5.41 Å². The molecule has 0 fully saturated rings. The molecule has 0 N–H and O–H groups in total. The van der Waals surface area contributed by atoms with Crippen LogP contribution in [0.4, 0.5) is 0 Å². The zero-order valence-corrected chi connectivity index (χ0v) is 18.3. The van der Waals surface area contributed by atoms with Gasteiger partial charge < -0.3 is 4.57 Å². The standard InChI is InChI=1S/C28H27N3/c1-28(2,3)27-7-5-4-6-26(27)24-14-12-23(13-15-24)19-31-20-30-18-25(31)16-21-8-10-22(17-29)11-9-21/h4-15,18,20H,16,19H2,1-3H3. The van der Waals surface area contributed by atoms with Gasteiger partial charge in [-0.25, -0.2) is 4.98 Å². The highest BCUT2D eigenvalue weighted by Gasteiger charge is 2.18. The molecule has 3 heteroatoms. The van der Waals surface area contributed by atoms with E-state index >= 15 is 0 Å². The van der Waals surface area contributed by atoms with Crippen LogP contribution >= 0.6 is 0 Å². The van der Waals surface area contributed by atoms with Crippen molar-refractivity contribution in [1.82, 2.24) is 9.55 Å². The van der Waals surface area contributed by atoms with Crippen LogP contribution in [0, 0.1) is 11.3 Å². The van der Waals surface area contributed by atoms with E-state index in [0.717, 1.165) is 18.7 Å². The summed E-state index contributed by atoms with van der Waals surface area (Å²) >= 11 is 0. The molecule has 0 aliphatic carbocycles. The summed E-state index contributed by atoms with van der Waals surface area (Å²) < 4.78 is 2.19. The van der Waals surface area contributed by atoms with Crippen LogP contribution in [-0.2, 0) is 18.4 Å². The summed E-state index contributed by atoms with van der Waals surface area (Å²) in [6.45, 7) is 7.56. The Hall–Kier alpha value is -3.64. The molecule has 0 unspecified atom stereocenters. The lowest BCUT2D eigenvalue weighted by molar-refractivity contribution is 0.592. The number of nitriles is 1. The van der Waals surface area contributed by atoms with E-state index in [1.54, 1.807) is 0 Å². The van der Waals surface area contributed by atoms with Crippen LogP contribution in [0.25, 0.3) is 11.1 Å². The van der Waals surface area contributed by atoms with Gasteiger partial charge in [-0.1, -0.05) is 81.4 Å². The maximum atomic E-state index is 8.98. The molecule has 154 valence electrons. The highest BCUT2D eigenvalue weighted by Crippen LogP contribution is 2.33. The van der Waals surface area contributed by atoms with Crippen molar-refractivity contribution in [2.75, 3.05) is 0 Å². The fourth-order valence-electron chi connectivity index (χ4n) is 3.92. The number of aromatic nitrogens is 2. The van der Waals surface area contributed by atoms with E-state index in [4.69, 9.17) is 5.26 Å². The molecule has 0 saturated heterocycles. The number of nitrogens with zero attached hydrogens (tertiary/aromatic N) is 3. The van der Waals surface area contributed by atoms with E-state index in [9.17, 15) is 0 Å². The van der Waals surface area contributed by atoms with E-state index in [1.165, 1.54) is 27.8 Å². The second kappa shape index (κ2) is 8.62. The van der Waals surface area contributed by atoms with Crippen molar-refractivity contribution in [3.8, 4) is 17.2 Å². The summed E-state index contributed by atoms with van der Waals surface area (Å²) in [5.41, 5.74) is 8.28. The monoisotopic (exact) mass is 405 g/mol. The third-order valence-electron chi connectivity index (χ3n) is 5.62. The molecule has 3 aromatic carbocycles. The Bertz CT molecular complexity index is 1200. The van der Waals surface area contributed by atoms with Crippen LogP contribution in [0.15, 0.2) is 85.3 Å². The lowest BCUT2D eigenvalue weighted by Gasteiger charge is -2.23. The molecule has 0 aliphatic heterocycles. The Morgan fingerprint density at radius 1 is 0.871 bits per heavy atom. The molecule has 4 rings (SSSR count). The van der Waals surface area contributed by atoms with Crippen LogP contribution in [-0.4, -0.2) is 9.55 Å². The van der Waals surface area contributed by atoms with Crippen LogP contribution in [0.3, 0.4) is 0 Å². The summed E-state index contributed by atoms with van der Waals surface area (Å²) in [6.07, 6.45) is 4.61. The largest absolute Gasteiger partial charge is 0.330 e. The average Bonchev–Trinajstić information content (AvgIpc) is 3.20. The van der Waals surface area contributed by atoms with Gasteiger partial charge in [0, 0.05) is 24.9 Å². The number of hydrogen-bond donors (Lipinski definition) is 0. The Morgan fingerprint density at radius 3 is 2.23 bits per heavy atom. The van der Waals surface area contributed by atoms with Crippen molar-refractivity contribution < 1.29 is 0 Å². The highest BCUT2D eigenvalue weighted by atomic mass is 15.0. The topological polar surface area (TPSA) is 41.6 Å². The van der Waals surface area contributed by atoms with Crippen molar-refractivity contribution in [3.05, 3.63) is 113 Å². The summed E-state index contributed by atoms with van der Waals surface area (Å²) in [7, 11) is 0. The third-order valence-corrected chi connectivity index (χ3v) is 5.62. The van der Waals surface area contributed by atoms with Crippen molar-refractivity contribution in [2.45, 2.75) is 39.2 Å². The van der Waals surface area contributed by atoms with Crippen molar-refractivity contribution in [1.29, 1.82) is 5.26 Å². The second-order valence-electron chi connectivity index (χ2n) is 8.99. The normalized spacial score (nSPS) is 11.3. The number of benzene rings is 3. The SMILES string of the molecule is CC(C)(C)c1ccccc1-c1ccc(Cn2cncc2Cc2ccc(C#N)cc2)cc1. The first-order chi connectivity index (χ1) is 14.9. The van der Waals surface area contributed by atoms with Gasteiger partial charge >= 0.3 is 0 Å². The summed E-state index contributed by atoms with van der Waals surface area (Å²) in [5.74, 6) is 0. The number of imidazole rings is 1. The van der Waals surface area contributed by atoms with E-state index < -0.39 is 0 Å². The first-order valence-electron chi connectivity index (χ1n) is 10.6. The van der Waals surface area contributed by atoms with Crippen molar-refractivity contribution in [2.24, 2.45) is 0 Å². The fourth-order valence-corrected chi connectivity index (χ4v) is 3.92. The molecule has 3 nitrogen and oxygen atoms in total. The molecule has 1 aromatic heterocycles. The minimum atomic E-state index is 0.104. The van der Waals surface area contributed by atoms with Gasteiger partial charge in [-0.15, -0.1) is 0 Å². The Labute approximate surface area is 184 Å². The lowest BCUT2D eigenvalue weighted by atomic mass is 9.82. The average molecular weight is 406 g/mol. The van der Waals surface area contributed by atoms with Crippen molar-refractivity contribution in [3.63, 3.8) is 0 Å². The maximum absolute atomic E-state index is 8.98. The van der Waals surface area contributed by atoms with Crippen LogP contribution in [0.2, 0.25) is 0 Å².